The number of fused-ring (bicyclic) bond motifs is 7. The van der Waals surface area contributed by atoms with E-state index in [4.69, 9.17) is 19.4 Å². The highest BCUT2D eigenvalue weighted by molar-refractivity contribution is 6.23. The van der Waals surface area contributed by atoms with Crippen LogP contribution in [0.5, 0.6) is 0 Å². The highest BCUT2D eigenvalue weighted by atomic mass is 16.4. The Bertz CT molecular complexity index is 2230. The maximum Gasteiger partial charge on any atom is 0.344 e. The monoisotopic (exact) mass is 516 g/mol. The molecule has 0 aliphatic rings. The van der Waals surface area contributed by atoms with E-state index in [1.807, 2.05) is 103 Å². The van der Waals surface area contributed by atoms with Crippen LogP contribution in [0.25, 0.3) is 72.3 Å². The van der Waals surface area contributed by atoms with Crippen LogP contribution in [0.3, 0.4) is 0 Å². The zero-order chi connectivity index (χ0) is 26.6. The van der Waals surface area contributed by atoms with E-state index in [1.165, 1.54) is 0 Å². The molecule has 8 rings (SSSR count). The first kappa shape index (κ1) is 22.4. The first-order chi connectivity index (χ1) is 19.8. The van der Waals surface area contributed by atoms with Gasteiger partial charge in [-0.3, -0.25) is 4.57 Å². The van der Waals surface area contributed by atoms with E-state index in [-0.39, 0.29) is 5.63 Å². The van der Waals surface area contributed by atoms with E-state index in [0.717, 1.165) is 43.7 Å². The lowest BCUT2D eigenvalue weighted by Gasteiger charge is -2.12. The third-order valence-corrected chi connectivity index (χ3v) is 7.30. The quantitative estimate of drug-likeness (QED) is 0.179. The predicted molar refractivity (Wildman–Crippen MR) is 159 cm³/mol. The Morgan fingerprint density at radius 3 is 1.77 bits per heavy atom. The number of nitrogens with zero attached hydrogens (tertiary/aromatic N) is 4. The first-order valence-corrected chi connectivity index (χ1v) is 13.0. The van der Waals surface area contributed by atoms with Gasteiger partial charge in [-0.05, 0) is 24.3 Å². The Labute approximate surface area is 227 Å². The second-order valence-corrected chi connectivity index (χ2v) is 9.64. The van der Waals surface area contributed by atoms with Gasteiger partial charge in [0.25, 0.3) is 0 Å². The summed E-state index contributed by atoms with van der Waals surface area (Å²) in [4.78, 5) is 27.8. The fraction of sp³-hybridized carbons (Fsp3) is 0. The zero-order valence-electron chi connectivity index (χ0n) is 21.2. The van der Waals surface area contributed by atoms with Crippen molar-refractivity contribution in [3.63, 3.8) is 0 Å². The van der Waals surface area contributed by atoms with Crippen LogP contribution in [0.4, 0.5) is 0 Å². The van der Waals surface area contributed by atoms with E-state index in [9.17, 15) is 4.79 Å². The minimum atomic E-state index is -0.358. The molecule has 5 aromatic carbocycles. The van der Waals surface area contributed by atoms with Crippen LogP contribution in [0.2, 0.25) is 0 Å². The minimum absolute atomic E-state index is 0.358. The number of hydrogen-bond donors (Lipinski definition) is 0. The van der Waals surface area contributed by atoms with E-state index in [0.29, 0.717) is 28.6 Å². The highest BCUT2D eigenvalue weighted by Crippen LogP contribution is 2.38. The van der Waals surface area contributed by atoms with Crippen molar-refractivity contribution in [2.45, 2.75) is 0 Å². The summed E-state index contributed by atoms with van der Waals surface area (Å²) in [6.45, 7) is 0. The SMILES string of the molecule is O=c1oc2ccc3c4ccccc4n(-c4nc(-c5ccccc5)nc(-c5ccccc5)n4)c3c2c2ccccc12. The highest BCUT2D eigenvalue weighted by Gasteiger charge is 2.21. The van der Waals surface area contributed by atoms with Crippen LogP contribution in [0.1, 0.15) is 0 Å². The van der Waals surface area contributed by atoms with Crippen molar-refractivity contribution in [3.8, 4) is 28.7 Å². The summed E-state index contributed by atoms with van der Waals surface area (Å²) < 4.78 is 7.90. The lowest BCUT2D eigenvalue weighted by atomic mass is 10.0. The third kappa shape index (κ3) is 3.36. The average molecular weight is 517 g/mol. The van der Waals surface area contributed by atoms with Crippen LogP contribution < -0.4 is 5.63 Å². The number of para-hydroxylation sites is 1. The third-order valence-electron chi connectivity index (χ3n) is 7.30. The molecule has 8 aromatic rings. The fourth-order valence-electron chi connectivity index (χ4n) is 5.52. The molecule has 3 heterocycles. The Morgan fingerprint density at radius 2 is 1.10 bits per heavy atom. The number of aromatic nitrogens is 4. The molecule has 188 valence electrons. The molecule has 0 saturated heterocycles. The van der Waals surface area contributed by atoms with Gasteiger partial charge in [-0.15, -0.1) is 0 Å². The Kier molecular flexibility index (Phi) is 4.87. The van der Waals surface area contributed by atoms with E-state index < -0.39 is 0 Å². The number of rotatable bonds is 3. The molecule has 0 unspecified atom stereocenters. The minimum Gasteiger partial charge on any atom is -0.422 e. The van der Waals surface area contributed by atoms with Gasteiger partial charge in [-0.25, -0.2) is 9.78 Å². The van der Waals surface area contributed by atoms with Gasteiger partial charge in [0.2, 0.25) is 5.95 Å². The molecule has 0 atom stereocenters. The van der Waals surface area contributed by atoms with E-state index in [1.54, 1.807) is 6.07 Å². The molecule has 0 fully saturated rings. The largest absolute Gasteiger partial charge is 0.422 e. The summed E-state index contributed by atoms with van der Waals surface area (Å²) in [5.41, 5.74) is 3.77. The molecule has 0 amide bonds. The van der Waals surface area contributed by atoms with Gasteiger partial charge in [-0.2, -0.15) is 9.97 Å². The number of benzene rings is 5. The molecule has 0 radical (unpaired) electrons. The van der Waals surface area contributed by atoms with Gasteiger partial charge >= 0.3 is 5.63 Å². The second-order valence-electron chi connectivity index (χ2n) is 9.64. The molecule has 0 N–H and O–H groups in total. The van der Waals surface area contributed by atoms with Gasteiger partial charge in [0, 0.05) is 27.3 Å². The van der Waals surface area contributed by atoms with Crippen LogP contribution >= 0.6 is 0 Å². The Balaban J connectivity index is 1.57. The summed E-state index contributed by atoms with van der Waals surface area (Å²) in [6.07, 6.45) is 0. The average Bonchev–Trinajstić information content (AvgIpc) is 3.36. The maximum atomic E-state index is 12.9. The van der Waals surface area contributed by atoms with Crippen molar-refractivity contribution in [1.82, 2.24) is 19.5 Å². The summed E-state index contributed by atoms with van der Waals surface area (Å²) in [5, 5.41) is 4.27. The lowest BCUT2D eigenvalue weighted by Crippen LogP contribution is -2.07. The number of hydrogen-bond acceptors (Lipinski definition) is 5. The van der Waals surface area contributed by atoms with Gasteiger partial charge in [-0.1, -0.05) is 97.1 Å². The molecule has 0 spiro atoms. The van der Waals surface area contributed by atoms with E-state index >= 15 is 0 Å². The zero-order valence-corrected chi connectivity index (χ0v) is 21.2. The molecule has 0 aliphatic carbocycles. The molecular weight excluding hydrogens is 496 g/mol. The Morgan fingerprint density at radius 1 is 0.525 bits per heavy atom. The van der Waals surface area contributed by atoms with Gasteiger partial charge in [0.05, 0.1) is 21.8 Å². The van der Waals surface area contributed by atoms with Crippen molar-refractivity contribution in [2.24, 2.45) is 0 Å². The molecule has 0 saturated carbocycles. The molecule has 40 heavy (non-hydrogen) atoms. The van der Waals surface area contributed by atoms with Crippen LogP contribution in [-0.4, -0.2) is 19.5 Å². The van der Waals surface area contributed by atoms with Gasteiger partial charge < -0.3 is 4.42 Å². The van der Waals surface area contributed by atoms with Crippen LogP contribution in [0, 0.1) is 0 Å². The topological polar surface area (TPSA) is 73.8 Å². The van der Waals surface area contributed by atoms with Crippen molar-refractivity contribution >= 4 is 43.5 Å². The van der Waals surface area contributed by atoms with Crippen molar-refractivity contribution in [2.75, 3.05) is 0 Å². The fourth-order valence-corrected chi connectivity index (χ4v) is 5.52. The van der Waals surface area contributed by atoms with Crippen molar-refractivity contribution in [1.29, 1.82) is 0 Å². The molecule has 0 bridgehead atoms. The molecule has 3 aromatic heterocycles. The Hall–Kier alpha value is -5.62. The summed E-state index contributed by atoms with van der Waals surface area (Å²) in [7, 11) is 0. The first-order valence-electron chi connectivity index (χ1n) is 13.0. The molecule has 6 heteroatoms. The standard InChI is InChI=1S/C34H20N4O2/c39-33-26-17-8-7-16-24(26)29-28(40-33)20-19-25-23-15-9-10-18-27(23)38(30(25)29)34-36-31(21-11-3-1-4-12-21)35-32(37-34)22-13-5-2-6-14-22/h1-20H. The van der Waals surface area contributed by atoms with Gasteiger partial charge in [0.1, 0.15) is 5.58 Å². The predicted octanol–water partition coefficient (Wildman–Crippen LogP) is 7.56. The maximum absolute atomic E-state index is 12.9. The summed E-state index contributed by atoms with van der Waals surface area (Å²) in [6, 6.07) is 39.5. The lowest BCUT2D eigenvalue weighted by molar-refractivity contribution is 0.570. The van der Waals surface area contributed by atoms with Crippen molar-refractivity contribution < 1.29 is 4.42 Å². The van der Waals surface area contributed by atoms with Crippen LogP contribution in [-0.2, 0) is 0 Å². The molecular formula is C34H20N4O2. The van der Waals surface area contributed by atoms with Gasteiger partial charge in [0.15, 0.2) is 11.6 Å². The van der Waals surface area contributed by atoms with Crippen molar-refractivity contribution in [3.05, 3.63) is 132 Å². The van der Waals surface area contributed by atoms with Crippen LogP contribution in [0.15, 0.2) is 131 Å². The second kappa shape index (κ2) is 8.71. The molecule has 0 aliphatic heterocycles. The summed E-state index contributed by atoms with van der Waals surface area (Å²) >= 11 is 0. The summed E-state index contributed by atoms with van der Waals surface area (Å²) in [5.74, 6) is 1.64. The van der Waals surface area contributed by atoms with E-state index in [2.05, 4.69) is 16.7 Å². The normalized spacial score (nSPS) is 11.6. The smallest absolute Gasteiger partial charge is 0.344 e. The molecule has 6 nitrogen and oxygen atoms in total.